The Bertz CT molecular complexity index is 496. The number of nitro groups is 1. The molecule has 118 valence electrons. The van der Waals surface area contributed by atoms with Gasteiger partial charge in [0.05, 0.1) is 23.6 Å². The van der Waals surface area contributed by atoms with Crippen molar-refractivity contribution >= 4 is 17.3 Å². The van der Waals surface area contributed by atoms with Gasteiger partial charge in [-0.25, -0.2) is 4.98 Å². The van der Waals surface area contributed by atoms with Crippen molar-refractivity contribution in [1.29, 1.82) is 0 Å². The fourth-order valence-corrected chi connectivity index (χ4v) is 1.37. The minimum Gasteiger partial charge on any atom is -0.382 e. The largest absolute Gasteiger partial charge is 0.416 e. The number of hydrogen-bond donors (Lipinski definition) is 3. The van der Waals surface area contributed by atoms with Gasteiger partial charge in [-0.3, -0.25) is 10.1 Å². The third kappa shape index (κ3) is 5.42. The Balaban J connectivity index is 2.85. The lowest BCUT2D eigenvalue weighted by Gasteiger charge is -2.15. The molecular weight excluding hydrogens is 293 g/mol. The summed E-state index contributed by atoms with van der Waals surface area (Å²) in [6.45, 7) is 1.55. The molecule has 0 bridgehead atoms. The smallest absolute Gasteiger partial charge is 0.382 e. The lowest BCUT2D eigenvalue weighted by atomic mass is 10.3. The first kappa shape index (κ1) is 17.0. The maximum atomic E-state index is 12.2. The van der Waals surface area contributed by atoms with Crippen LogP contribution >= 0.6 is 0 Å². The second-order valence-corrected chi connectivity index (χ2v) is 4.22. The number of rotatable bonds is 7. The van der Waals surface area contributed by atoms with Crippen molar-refractivity contribution < 1.29 is 23.2 Å². The maximum Gasteiger partial charge on any atom is 0.416 e. The maximum absolute atomic E-state index is 12.2. The van der Waals surface area contributed by atoms with E-state index in [-0.39, 0.29) is 17.3 Å². The van der Waals surface area contributed by atoms with E-state index in [9.17, 15) is 23.3 Å². The fraction of sp³-hybridized carbons (Fsp3) is 0.545. The van der Waals surface area contributed by atoms with E-state index in [1.165, 1.54) is 6.07 Å². The highest BCUT2D eigenvalue weighted by molar-refractivity contribution is 5.54. The molecule has 1 aromatic rings. The number of aliphatic hydroxyl groups excluding tert-OH is 1. The first-order valence-corrected chi connectivity index (χ1v) is 6.13. The lowest BCUT2D eigenvalue weighted by Crippen LogP contribution is -2.35. The van der Waals surface area contributed by atoms with E-state index in [0.717, 1.165) is 12.5 Å². The van der Waals surface area contributed by atoms with Gasteiger partial charge in [0.1, 0.15) is 11.6 Å². The Kier molecular flexibility index (Phi) is 5.70. The second-order valence-electron chi connectivity index (χ2n) is 4.22. The summed E-state index contributed by atoms with van der Waals surface area (Å²) in [5, 5.41) is 24.7. The molecule has 0 amide bonds. The zero-order valence-corrected chi connectivity index (χ0v) is 11.1. The van der Waals surface area contributed by atoms with Gasteiger partial charge in [-0.2, -0.15) is 13.2 Å². The number of anilines is 2. The monoisotopic (exact) mass is 308 g/mol. The topological polar surface area (TPSA) is 100 Å². The zero-order chi connectivity index (χ0) is 16.0. The van der Waals surface area contributed by atoms with Crippen LogP contribution in [0.5, 0.6) is 0 Å². The van der Waals surface area contributed by atoms with Gasteiger partial charge in [-0.05, 0) is 6.42 Å². The predicted octanol–water partition coefficient (Wildman–Crippen LogP) is 2.15. The molecule has 0 aromatic carbocycles. The molecule has 0 aliphatic heterocycles. The van der Waals surface area contributed by atoms with Crippen molar-refractivity contribution in [3.63, 3.8) is 0 Å². The molecule has 1 heterocycles. The molecule has 3 N–H and O–H groups in total. The van der Waals surface area contributed by atoms with Crippen LogP contribution < -0.4 is 10.6 Å². The summed E-state index contributed by atoms with van der Waals surface area (Å²) >= 11 is 0. The molecule has 0 saturated heterocycles. The van der Waals surface area contributed by atoms with Crippen molar-refractivity contribution in [2.24, 2.45) is 0 Å². The van der Waals surface area contributed by atoms with Gasteiger partial charge < -0.3 is 15.7 Å². The van der Waals surface area contributed by atoms with Gasteiger partial charge in [0.25, 0.3) is 5.69 Å². The van der Waals surface area contributed by atoms with Crippen LogP contribution in [0.1, 0.15) is 13.3 Å². The number of nitrogens with one attached hydrogen (secondary N) is 2. The standard InChI is InChI=1S/C11H15F3N4O3/c1-2-3-15-9-4-7(18(20)21)5-10(17-9)16-6-8(19)11(12,13)14/h4-5,8,19H,2-3,6H2,1H3,(H2,15,16,17). The van der Waals surface area contributed by atoms with Crippen molar-refractivity contribution in [3.8, 4) is 0 Å². The SMILES string of the molecule is CCCNc1cc([N+](=O)[O-])cc(NCC(O)C(F)(F)F)n1. The Morgan fingerprint density at radius 1 is 1.38 bits per heavy atom. The third-order valence-corrected chi connectivity index (χ3v) is 2.43. The number of pyridine rings is 1. The van der Waals surface area contributed by atoms with Crippen LogP contribution in [0.25, 0.3) is 0 Å². The second kappa shape index (κ2) is 7.07. The minimum atomic E-state index is -4.77. The van der Waals surface area contributed by atoms with Gasteiger partial charge in [0, 0.05) is 6.54 Å². The Hall–Kier alpha value is -2.10. The molecule has 21 heavy (non-hydrogen) atoms. The summed E-state index contributed by atoms with van der Waals surface area (Å²) in [5.74, 6) is 0.0566. The van der Waals surface area contributed by atoms with E-state index < -0.39 is 23.7 Å². The molecule has 1 unspecified atom stereocenters. The first-order chi connectivity index (χ1) is 9.74. The molecule has 0 radical (unpaired) electrons. The van der Waals surface area contributed by atoms with E-state index >= 15 is 0 Å². The molecule has 0 saturated carbocycles. The minimum absolute atomic E-state index is 0.119. The average molecular weight is 308 g/mol. The van der Waals surface area contributed by atoms with Crippen LogP contribution in [0.15, 0.2) is 12.1 Å². The summed E-state index contributed by atoms with van der Waals surface area (Å²) in [6.07, 6.45) is -6.60. The Labute approximate surface area is 118 Å². The van der Waals surface area contributed by atoms with E-state index in [1.54, 1.807) is 0 Å². The van der Waals surface area contributed by atoms with Crippen LogP contribution in [0.4, 0.5) is 30.5 Å². The van der Waals surface area contributed by atoms with E-state index in [2.05, 4.69) is 15.6 Å². The summed E-state index contributed by atoms with van der Waals surface area (Å²) in [6, 6.07) is 2.18. The van der Waals surface area contributed by atoms with Crippen LogP contribution in [0.2, 0.25) is 0 Å². The van der Waals surface area contributed by atoms with Crippen LogP contribution in [0, 0.1) is 10.1 Å². The van der Waals surface area contributed by atoms with Crippen molar-refractivity contribution in [2.45, 2.75) is 25.6 Å². The molecule has 0 spiro atoms. The summed E-state index contributed by atoms with van der Waals surface area (Å²) < 4.78 is 36.5. The van der Waals surface area contributed by atoms with E-state index in [1.807, 2.05) is 6.92 Å². The molecule has 1 rings (SSSR count). The number of aromatic nitrogens is 1. The molecule has 0 aliphatic rings. The van der Waals surface area contributed by atoms with Gasteiger partial charge in [0.2, 0.25) is 0 Å². The van der Waals surface area contributed by atoms with Crippen LogP contribution in [0.3, 0.4) is 0 Å². The number of nitrogens with zero attached hydrogens (tertiary/aromatic N) is 2. The highest BCUT2D eigenvalue weighted by atomic mass is 19.4. The molecule has 10 heteroatoms. The zero-order valence-electron chi connectivity index (χ0n) is 11.1. The number of halogens is 3. The quantitative estimate of drug-likeness (QED) is 0.527. The number of aliphatic hydroxyl groups is 1. The lowest BCUT2D eigenvalue weighted by molar-refractivity contribution is -0.384. The highest BCUT2D eigenvalue weighted by Crippen LogP contribution is 2.23. The summed E-state index contributed by atoms with van der Waals surface area (Å²) in [7, 11) is 0. The Morgan fingerprint density at radius 2 is 1.95 bits per heavy atom. The normalized spacial score (nSPS) is 12.8. The van der Waals surface area contributed by atoms with Gasteiger partial charge in [-0.1, -0.05) is 6.92 Å². The molecule has 1 aromatic heterocycles. The molecule has 0 aliphatic carbocycles. The van der Waals surface area contributed by atoms with E-state index in [4.69, 9.17) is 5.11 Å². The van der Waals surface area contributed by atoms with Crippen LogP contribution in [-0.4, -0.2) is 40.4 Å². The van der Waals surface area contributed by atoms with Crippen molar-refractivity contribution in [3.05, 3.63) is 22.2 Å². The Morgan fingerprint density at radius 3 is 2.43 bits per heavy atom. The van der Waals surface area contributed by atoms with E-state index in [0.29, 0.717) is 6.54 Å². The van der Waals surface area contributed by atoms with Gasteiger partial charge in [0.15, 0.2) is 6.10 Å². The van der Waals surface area contributed by atoms with Crippen molar-refractivity contribution in [2.75, 3.05) is 23.7 Å². The van der Waals surface area contributed by atoms with Crippen molar-refractivity contribution in [1.82, 2.24) is 4.98 Å². The van der Waals surface area contributed by atoms with Crippen LogP contribution in [-0.2, 0) is 0 Å². The van der Waals surface area contributed by atoms with Gasteiger partial charge in [-0.15, -0.1) is 0 Å². The molecule has 1 atom stereocenters. The fourth-order valence-electron chi connectivity index (χ4n) is 1.37. The summed E-state index contributed by atoms with van der Waals surface area (Å²) in [4.78, 5) is 14.0. The highest BCUT2D eigenvalue weighted by Gasteiger charge is 2.37. The van der Waals surface area contributed by atoms with Gasteiger partial charge >= 0.3 is 6.18 Å². The molecule has 7 nitrogen and oxygen atoms in total. The molecule has 0 fully saturated rings. The average Bonchev–Trinajstić information content (AvgIpc) is 2.41. The molecular formula is C11H15F3N4O3. The summed E-state index contributed by atoms with van der Waals surface area (Å²) in [5.41, 5.74) is -0.312. The first-order valence-electron chi connectivity index (χ1n) is 6.13. The number of hydrogen-bond acceptors (Lipinski definition) is 6. The predicted molar refractivity (Wildman–Crippen MR) is 70.2 cm³/mol. The number of alkyl halides is 3. The third-order valence-electron chi connectivity index (χ3n) is 2.43.